The summed E-state index contributed by atoms with van der Waals surface area (Å²) in [5.41, 5.74) is 0.0863. The molecule has 124 valence electrons. The van der Waals surface area contributed by atoms with Gasteiger partial charge >= 0.3 is 0 Å². The summed E-state index contributed by atoms with van der Waals surface area (Å²) in [6.45, 7) is 3.61. The van der Waals surface area contributed by atoms with Gasteiger partial charge < -0.3 is 9.84 Å². The normalized spacial score (nSPS) is 20.6. The molecular formula is C15H18F2N4O2. The van der Waals surface area contributed by atoms with Gasteiger partial charge in [-0.1, -0.05) is 6.07 Å². The number of rotatable bonds is 4. The molecule has 8 heteroatoms. The van der Waals surface area contributed by atoms with E-state index in [1.165, 1.54) is 6.07 Å². The van der Waals surface area contributed by atoms with Crippen molar-refractivity contribution in [1.82, 2.24) is 20.1 Å². The number of aromatic amines is 1. The van der Waals surface area contributed by atoms with E-state index in [9.17, 15) is 13.9 Å². The van der Waals surface area contributed by atoms with Crippen molar-refractivity contribution in [2.75, 3.05) is 26.2 Å². The molecule has 1 fully saturated rings. The van der Waals surface area contributed by atoms with Gasteiger partial charge in [-0.25, -0.2) is 13.8 Å². The maximum Gasteiger partial charge on any atom is 0.180 e. The highest BCUT2D eigenvalue weighted by molar-refractivity contribution is 5.21. The lowest BCUT2D eigenvalue weighted by Gasteiger charge is -2.32. The third-order valence-electron chi connectivity index (χ3n) is 3.81. The van der Waals surface area contributed by atoms with E-state index in [-0.39, 0.29) is 18.2 Å². The third kappa shape index (κ3) is 3.72. The Balaban J connectivity index is 1.65. The van der Waals surface area contributed by atoms with Gasteiger partial charge in [0.15, 0.2) is 5.82 Å². The van der Waals surface area contributed by atoms with Crippen LogP contribution in [0, 0.1) is 18.6 Å². The van der Waals surface area contributed by atoms with E-state index in [4.69, 9.17) is 4.74 Å². The first-order valence-corrected chi connectivity index (χ1v) is 7.39. The molecule has 1 aromatic heterocycles. The van der Waals surface area contributed by atoms with Gasteiger partial charge in [0.2, 0.25) is 0 Å². The minimum absolute atomic E-state index is 0.0863. The lowest BCUT2D eigenvalue weighted by molar-refractivity contribution is -0.0463. The summed E-state index contributed by atoms with van der Waals surface area (Å²) in [4.78, 5) is 6.20. The monoisotopic (exact) mass is 324 g/mol. The van der Waals surface area contributed by atoms with Gasteiger partial charge in [-0.15, -0.1) is 0 Å². The SMILES string of the molecule is Cc1nc([C@@H]2CN(C[C@H](O)c3ccc(F)cc3F)CCO2)n[nH]1. The number of benzene rings is 1. The quantitative estimate of drug-likeness (QED) is 0.891. The summed E-state index contributed by atoms with van der Waals surface area (Å²) in [7, 11) is 0. The Morgan fingerprint density at radius 3 is 3.00 bits per heavy atom. The van der Waals surface area contributed by atoms with E-state index >= 15 is 0 Å². The minimum atomic E-state index is -1.04. The van der Waals surface area contributed by atoms with Crippen LogP contribution in [-0.2, 0) is 4.74 Å². The number of aliphatic hydroxyl groups is 1. The molecule has 3 rings (SSSR count). The van der Waals surface area contributed by atoms with Crippen molar-refractivity contribution in [3.8, 4) is 0 Å². The number of aliphatic hydroxyl groups excluding tert-OH is 1. The Bertz CT molecular complexity index is 679. The molecule has 1 aromatic carbocycles. The largest absolute Gasteiger partial charge is 0.387 e. The van der Waals surface area contributed by atoms with Crippen LogP contribution >= 0.6 is 0 Å². The molecule has 6 nitrogen and oxygen atoms in total. The second-order valence-electron chi connectivity index (χ2n) is 5.58. The van der Waals surface area contributed by atoms with E-state index in [2.05, 4.69) is 15.2 Å². The fourth-order valence-electron chi connectivity index (χ4n) is 2.64. The van der Waals surface area contributed by atoms with Crippen molar-refractivity contribution in [2.45, 2.75) is 19.1 Å². The fraction of sp³-hybridized carbons (Fsp3) is 0.467. The maximum absolute atomic E-state index is 13.7. The Hall–Kier alpha value is -1.90. The van der Waals surface area contributed by atoms with E-state index in [0.717, 1.165) is 12.1 Å². The lowest BCUT2D eigenvalue weighted by Crippen LogP contribution is -2.41. The van der Waals surface area contributed by atoms with Gasteiger partial charge in [0.25, 0.3) is 0 Å². The molecule has 2 aromatic rings. The second-order valence-corrected chi connectivity index (χ2v) is 5.58. The first-order valence-electron chi connectivity index (χ1n) is 7.39. The number of aromatic nitrogens is 3. The van der Waals surface area contributed by atoms with Crippen molar-refractivity contribution in [3.05, 3.63) is 47.0 Å². The molecule has 0 saturated carbocycles. The highest BCUT2D eigenvalue weighted by atomic mass is 19.1. The molecule has 2 atom stereocenters. The zero-order valence-corrected chi connectivity index (χ0v) is 12.7. The second kappa shape index (κ2) is 6.69. The molecule has 0 aliphatic carbocycles. The van der Waals surface area contributed by atoms with E-state index in [0.29, 0.717) is 31.3 Å². The average Bonchev–Trinajstić information content (AvgIpc) is 2.94. The predicted molar refractivity (Wildman–Crippen MR) is 77.6 cm³/mol. The molecule has 1 aliphatic rings. The molecule has 23 heavy (non-hydrogen) atoms. The van der Waals surface area contributed by atoms with Crippen LogP contribution in [0.25, 0.3) is 0 Å². The molecule has 0 spiro atoms. The number of hydrogen-bond acceptors (Lipinski definition) is 5. The summed E-state index contributed by atoms with van der Waals surface area (Å²) in [6.07, 6.45) is -1.33. The van der Waals surface area contributed by atoms with E-state index in [1.807, 2.05) is 4.90 Å². The van der Waals surface area contributed by atoms with Crippen molar-refractivity contribution in [1.29, 1.82) is 0 Å². The van der Waals surface area contributed by atoms with Crippen LogP contribution in [0.15, 0.2) is 18.2 Å². The summed E-state index contributed by atoms with van der Waals surface area (Å²) < 4.78 is 32.3. The molecule has 1 aliphatic heterocycles. The summed E-state index contributed by atoms with van der Waals surface area (Å²) in [5.74, 6) is -0.138. The summed E-state index contributed by atoms with van der Waals surface area (Å²) in [5, 5.41) is 17.1. The first-order chi connectivity index (χ1) is 11.0. The van der Waals surface area contributed by atoms with Crippen LogP contribution in [-0.4, -0.2) is 51.4 Å². The van der Waals surface area contributed by atoms with Crippen LogP contribution in [0.5, 0.6) is 0 Å². The smallest absolute Gasteiger partial charge is 0.180 e. The van der Waals surface area contributed by atoms with Crippen LogP contribution < -0.4 is 0 Å². The average molecular weight is 324 g/mol. The summed E-state index contributed by atoms with van der Waals surface area (Å²) >= 11 is 0. The molecule has 0 bridgehead atoms. The first kappa shape index (κ1) is 16.0. The zero-order chi connectivity index (χ0) is 16.4. The Labute approximate surface area is 132 Å². The maximum atomic E-state index is 13.7. The highest BCUT2D eigenvalue weighted by Gasteiger charge is 2.27. The number of morpholine rings is 1. The minimum Gasteiger partial charge on any atom is -0.387 e. The number of halogens is 2. The number of hydrogen-bond donors (Lipinski definition) is 2. The number of ether oxygens (including phenoxy) is 1. The molecule has 0 amide bonds. The van der Waals surface area contributed by atoms with Crippen LogP contribution in [0.1, 0.15) is 29.4 Å². The molecule has 2 heterocycles. The predicted octanol–water partition coefficient (Wildman–Crippen LogP) is 1.50. The Morgan fingerprint density at radius 1 is 1.48 bits per heavy atom. The van der Waals surface area contributed by atoms with Crippen molar-refractivity contribution >= 4 is 0 Å². The molecule has 1 saturated heterocycles. The Morgan fingerprint density at radius 2 is 2.30 bits per heavy atom. The topological polar surface area (TPSA) is 74.3 Å². The number of H-pyrrole nitrogens is 1. The number of nitrogens with one attached hydrogen (secondary N) is 1. The number of β-amino-alcohol motifs (C(OH)–C–C–N with tert-alkyl or cyclic N) is 1. The van der Waals surface area contributed by atoms with Gasteiger partial charge in [-0.2, -0.15) is 5.10 Å². The van der Waals surface area contributed by atoms with Crippen molar-refractivity contribution in [2.24, 2.45) is 0 Å². The van der Waals surface area contributed by atoms with Gasteiger partial charge in [0, 0.05) is 31.3 Å². The standard InChI is InChI=1S/C15H18F2N4O2/c1-9-18-15(20-19-9)14-8-21(4-5-23-14)7-13(22)11-3-2-10(16)6-12(11)17/h2-3,6,13-14,22H,4-5,7-8H2,1H3,(H,18,19,20)/t13-,14-/m0/s1. The van der Waals surface area contributed by atoms with Gasteiger partial charge in [0.05, 0.1) is 12.7 Å². The van der Waals surface area contributed by atoms with Gasteiger partial charge in [-0.05, 0) is 13.0 Å². The molecule has 0 radical (unpaired) electrons. The van der Waals surface area contributed by atoms with Crippen LogP contribution in [0.3, 0.4) is 0 Å². The number of aryl methyl sites for hydroxylation is 1. The lowest BCUT2D eigenvalue weighted by atomic mass is 10.1. The third-order valence-corrected chi connectivity index (χ3v) is 3.81. The number of nitrogens with zero attached hydrogens (tertiary/aromatic N) is 3. The summed E-state index contributed by atoms with van der Waals surface area (Å²) in [6, 6.07) is 3.18. The van der Waals surface area contributed by atoms with Crippen molar-refractivity contribution < 1.29 is 18.6 Å². The van der Waals surface area contributed by atoms with Crippen LogP contribution in [0.4, 0.5) is 8.78 Å². The Kier molecular flexibility index (Phi) is 4.65. The van der Waals surface area contributed by atoms with Crippen LogP contribution in [0.2, 0.25) is 0 Å². The van der Waals surface area contributed by atoms with Crippen molar-refractivity contribution in [3.63, 3.8) is 0 Å². The molecule has 0 unspecified atom stereocenters. The highest BCUT2D eigenvalue weighted by Crippen LogP contribution is 2.23. The van der Waals surface area contributed by atoms with Gasteiger partial charge in [-0.3, -0.25) is 10.00 Å². The molecular weight excluding hydrogens is 306 g/mol. The van der Waals surface area contributed by atoms with E-state index < -0.39 is 17.7 Å². The van der Waals surface area contributed by atoms with E-state index in [1.54, 1.807) is 6.92 Å². The zero-order valence-electron chi connectivity index (χ0n) is 12.7. The van der Waals surface area contributed by atoms with Gasteiger partial charge in [0.1, 0.15) is 23.6 Å². The fourth-order valence-corrected chi connectivity index (χ4v) is 2.64. The molecule has 2 N–H and O–H groups in total.